The van der Waals surface area contributed by atoms with Gasteiger partial charge in [-0.3, -0.25) is 4.79 Å². The predicted molar refractivity (Wildman–Crippen MR) is 96.4 cm³/mol. The monoisotopic (exact) mass is 358 g/mol. The number of rotatable bonds is 6. The molecular weight excluding hydrogens is 340 g/mol. The number of carbonyl (C=O) groups excluding carboxylic acids is 1. The van der Waals surface area contributed by atoms with Gasteiger partial charge in [0.1, 0.15) is 5.76 Å². The summed E-state index contributed by atoms with van der Waals surface area (Å²) >= 11 is 3.42. The van der Waals surface area contributed by atoms with Gasteiger partial charge in [0, 0.05) is 28.6 Å². The van der Waals surface area contributed by atoms with Crippen molar-refractivity contribution in [1.82, 2.24) is 10.3 Å². The van der Waals surface area contributed by atoms with Crippen molar-refractivity contribution in [3.05, 3.63) is 51.6 Å². The van der Waals surface area contributed by atoms with Crippen LogP contribution in [0.15, 0.2) is 40.3 Å². The molecule has 0 saturated heterocycles. The highest BCUT2D eigenvalue weighted by molar-refractivity contribution is 7.16. The van der Waals surface area contributed by atoms with Gasteiger partial charge >= 0.3 is 0 Å². The summed E-state index contributed by atoms with van der Waals surface area (Å²) < 4.78 is 5.37. The molecule has 24 heavy (non-hydrogen) atoms. The maximum Gasteiger partial charge on any atom is 0.223 e. The smallest absolute Gasteiger partial charge is 0.223 e. The Bertz CT molecular complexity index is 835. The normalized spacial score (nSPS) is 19.4. The number of aryl methyl sites for hydroxylation is 1. The van der Waals surface area contributed by atoms with Crippen LogP contribution in [0.25, 0.3) is 10.6 Å². The summed E-state index contributed by atoms with van der Waals surface area (Å²) in [6, 6.07) is 8.07. The number of thiophene rings is 1. The largest absolute Gasteiger partial charge is 0.469 e. The van der Waals surface area contributed by atoms with Crippen LogP contribution in [0.1, 0.15) is 28.0 Å². The Hall–Kier alpha value is -1.92. The van der Waals surface area contributed by atoms with Crippen molar-refractivity contribution in [1.29, 1.82) is 0 Å². The Labute approximate surface area is 148 Å². The average molecular weight is 358 g/mol. The third-order valence-electron chi connectivity index (χ3n) is 4.24. The van der Waals surface area contributed by atoms with Crippen LogP contribution in [-0.2, 0) is 11.2 Å². The molecule has 1 aliphatic rings. The van der Waals surface area contributed by atoms with Gasteiger partial charge in [0.15, 0.2) is 0 Å². The number of nitrogens with zero attached hydrogens (tertiary/aromatic N) is 1. The second kappa shape index (κ2) is 6.53. The third-order valence-corrected chi connectivity index (χ3v) is 6.18. The van der Waals surface area contributed by atoms with E-state index in [0.29, 0.717) is 6.54 Å². The quantitative estimate of drug-likeness (QED) is 0.717. The van der Waals surface area contributed by atoms with Crippen LogP contribution in [-0.4, -0.2) is 17.4 Å². The summed E-state index contributed by atoms with van der Waals surface area (Å²) in [4.78, 5) is 19.2. The van der Waals surface area contributed by atoms with E-state index in [1.54, 1.807) is 28.9 Å². The van der Waals surface area contributed by atoms with Crippen LogP contribution in [0.2, 0.25) is 0 Å². The molecule has 2 unspecified atom stereocenters. The van der Waals surface area contributed by atoms with Gasteiger partial charge in [-0.05, 0) is 44.0 Å². The van der Waals surface area contributed by atoms with E-state index >= 15 is 0 Å². The van der Waals surface area contributed by atoms with E-state index in [1.165, 1.54) is 9.75 Å². The molecule has 0 bridgehead atoms. The standard InChI is InChI=1S/C18H18N2O2S2/c1-11-20-15(10-23-11)17-5-4-12(24-17)6-7-19-18(21)14-9-13(14)16-3-2-8-22-16/h2-5,8,10,13-14H,6-7,9H2,1H3,(H,19,21). The fraction of sp³-hybridized carbons (Fsp3) is 0.333. The van der Waals surface area contributed by atoms with Crippen LogP contribution in [0.3, 0.4) is 0 Å². The van der Waals surface area contributed by atoms with Gasteiger partial charge in [-0.25, -0.2) is 4.98 Å². The van der Waals surface area contributed by atoms with Crippen LogP contribution in [0, 0.1) is 12.8 Å². The number of hydrogen-bond acceptors (Lipinski definition) is 5. The van der Waals surface area contributed by atoms with Crippen molar-refractivity contribution >= 4 is 28.6 Å². The molecule has 1 aliphatic carbocycles. The van der Waals surface area contributed by atoms with Crippen molar-refractivity contribution in [3.8, 4) is 10.6 Å². The fourth-order valence-electron chi connectivity index (χ4n) is 2.87. The van der Waals surface area contributed by atoms with Gasteiger partial charge in [0.25, 0.3) is 0 Å². The maximum absolute atomic E-state index is 12.2. The molecule has 1 amide bonds. The Morgan fingerprint density at radius 3 is 3.08 bits per heavy atom. The third kappa shape index (κ3) is 3.30. The average Bonchev–Trinajstić information content (AvgIpc) is 3.00. The van der Waals surface area contributed by atoms with E-state index in [9.17, 15) is 4.79 Å². The highest BCUT2D eigenvalue weighted by atomic mass is 32.1. The molecule has 0 radical (unpaired) electrons. The molecule has 0 aliphatic heterocycles. The molecule has 4 nitrogen and oxygen atoms in total. The molecule has 3 heterocycles. The van der Waals surface area contributed by atoms with Crippen LogP contribution in [0.5, 0.6) is 0 Å². The van der Waals surface area contributed by atoms with E-state index in [2.05, 4.69) is 27.8 Å². The Kier molecular flexibility index (Phi) is 4.24. The van der Waals surface area contributed by atoms with E-state index in [4.69, 9.17) is 4.42 Å². The van der Waals surface area contributed by atoms with E-state index in [0.717, 1.165) is 29.3 Å². The summed E-state index contributed by atoms with van der Waals surface area (Å²) in [6.45, 7) is 2.70. The second-order valence-electron chi connectivity index (χ2n) is 6.02. The molecule has 1 fully saturated rings. The predicted octanol–water partition coefficient (Wildman–Crippen LogP) is 4.24. The lowest BCUT2D eigenvalue weighted by Crippen LogP contribution is -2.27. The minimum atomic E-state index is 0.0769. The number of nitrogens with one attached hydrogen (secondary N) is 1. The number of thiazole rings is 1. The number of furan rings is 1. The SMILES string of the molecule is Cc1nc(-c2ccc(CCNC(=O)C3CC3c3ccco3)s2)cs1. The van der Waals surface area contributed by atoms with Crippen LogP contribution in [0.4, 0.5) is 0 Å². The van der Waals surface area contributed by atoms with Crippen LogP contribution >= 0.6 is 22.7 Å². The van der Waals surface area contributed by atoms with Gasteiger partial charge in [0.05, 0.1) is 21.8 Å². The first kappa shape index (κ1) is 15.6. The molecule has 124 valence electrons. The number of amides is 1. The van der Waals surface area contributed by atoms with Crippen molar-refractivity contribution in [2.24, 2.45) is 5.92 Å². The lowest BCUT2D eigenvalue weighted by Gasteiger charge is -2.03. The lowest BCUT2D eigenvalue weighted by atomic mass is 10.2. The first-order valence-electron chi connectivity index (χ1n) is 8.03. The van der Waals surface area contributed by atoms with Gasteiger partial charge in [0.2, 0.25) is 5.91 Å². The van der Waals surface area contributed by atoms with Gasteiger partial charge in [-0.1, -0.05) is 0 Å². The minimum Gasteiger partial charge on any atom is -0.469 e. The lowest BCUT2D eigenvalue weighted by molar-refractivity contribution is -0.122. The summed E-state index contributed by atoms with van der Waals surface area (Å²) in [6.07, 6.45) is 3.42. The molecule has 3 aromatic heterocycles. The fourth-order valence-corrected chi connectivity index (χ4v) is 4.52. The second-order valence-corrected chi connectivity index (χ2v) is 8.25. The molecule has 4 rings (SSSR count). The van der Waals surface area contributed by atoms with E-state index in [-0.39, 0.29) is 17.7 Å². The highest BCUT2D eigenvalue weighted by Crippen LogP contribution is 2.47. The number of hydrogen-bond donors (Lipinski definition) is 1. The molecule has 1 N–H and O–H groups in total. The summed E-state index contributed by atoms with van der Waals surface area (Å²) in [7, 11) is 0. The van der Waals surface area contributed by atoms with E-state index in [1.807, 2.05) is 19.1 Å². The summed E-state index contributed by atoms with van der Waals surface area (Å²) in [5.74, 6) is 1.41. The topological polar surface area (TPSA) is 55.1 Å². The van der Waals surface area contributed by atoms with Gasteiger partial charge < -0.3 is 9.73 Å². The molecule has 0 spiro atoms. The molecule has 0 aromatic carbocycles. The zero-order valence-corrected chi connectivity index (χ0v) is 15.0. The van der Waals surface area contributed by atoms with Crippen molar-refractivity contribution < 1.29 is 9.21 Å². The van der Waals surface area contributed by atoms with Crippen molar-refractivity contribution in [2.75, 3.05) is 6.54 Å². The molecule has 2 atom stereocenters. The zero-order chi connectivity index (χ0) is 16.5. The molecular formula is C18H18N2O2S2. The van der Waals surface area contributed by atoms with Crippen LogP contribution < -0.4 is 5.32 Å². The van der Waals surface area contributed by atoms with Gasteiger partial charge in [-0.2, -0.15) is 0 Å². The van der Waals surface area contributed by atoms with Crippen molar-refractivity contribution in [3.63, 3.8) is 0 Å². The highest BCUT2D eigenvalue weighted by Gasteiger charge is 2.45. The summed E-state index contributed by atoms with van der Waals surface area (Å²) in [5.41, 5.74) is 1.05. The first-order chi connectivity index (χ1) is 11.7. The summed E-state index contributed by atoms with van der Waals surface area (Å²) in [5, 5.41) is 6.23. The minimum absolute atomic E-state index is 0.0769. The molecule has 6 heteroatoms. The Balaban J connectivity index is 1.26. The molecule has 3 aromatic rings. The molecule has 1 saturated carbocycles. The Morgan fingerprint density at radius 2 is 2.33 bits per heavy atom. The first-order valence-corrected chi connectivity index (χ1v) is 9.72. The van der Waals surface area contributed by atoms with Crippen molar-refractivity contribution in [2.45, 2.75) is 25.7 Å². The maximum atomic E-state index is 12.2. The van der Waals surface area contributed by atoms with E-state index < -0.39 is 0 Å². The number of aromatic nitrogens is 1. The van der Waals surface area contributed by atoms with Gasteiger partial charge in [-0.15, -0.1) is 22.7 Å². The number of carbonyl (C=O) groups is 1. The zero-order valence-electron chi connectivity index (χ0n) is 13.3. The Morgan fingerprint density at radius 1 is 1.42 bits per heavy atom.